The molecule has 2 unspecified atom stereocenters. The van der Waals surface area contributed by atoms with Crippen LogP contribution in [0.5, 0.6) is 5.75 Å². The van der Waals surface area contributed by atoms with E-state index in [2.05, 4.69) is 19.2 Å². The molecule has 0 bridgehead atoms. The van der Waals surface area contributed by atoms with Crippen molar-refractivity contribution in [2.45, 2.75) is 32.4 Å². The van der Waals surface area contributed by atoms with Gasteiger partial charge in [-0.05, 0) is 42.5 Å². The van der Waals surface area contributed by atoms with Crippen LogP contribution in [0.1, 0.15) is 31.9 Å². The van der Waals surface area contributed by atoms with Crippen molar-refractivity contribution in [3.63, 3.8) is 0 Å². The van der Waals surface area contributed by atoms with Crippen molar-refractivity contribution in [3.8, 4) is 5.75 Å². The molecule has 0 heterocycles. The molecule has 2 atom stereocenters. The Hall–Kier alpha value is -0.710. The molecule has 2 N–H and O–H groups in total. The molecule has 0 spiro atoms. The minimum Gasteiger partial charge on any atom is -0.497 e. The molecule has 108 valence electrons. The van der Waals surface area contributed by atoms with Crippen LogP contribution in [0.2, 0.25) is 0 Å². The summed E-state index contributed by atoms with van der Waals surface area (Å²) < 4.78 is 5.16. The van der Waals surface area contributed by atoms with Crippen LogP contribution in [0.4, 0.5) is 0 Å². The minimum absolute atomic E-state index is 0.430. The molecule has 4 heteroatoms. The van der Waals surface area contributed by atoms with Crippen LogP contribution < -0.4 is 10.1 Å². The number of thioether (sulfide) groups is 1. The van der Waals surface area contributed by atoms with Crippen molar-refractivity contribution in [1.29, 1.82) is 0 Å². The maximum atomic E-state index is 10.1. The number of methoxy groups -OCH3 is 1. The molecule has 0 saturated carbocycles. The summed E-state index contributed by atoms with van der Waals surface area (Å²) in [5, 5.41) is 13.5. The number of nitrogens with one attached hydrogen (secondary N) is 1. The van der Waals surface area contributed by atoms with Gasteiger partial charge in [-0.1, -0.05) is 19.1 Å². The van der Waals surface area contributed by atoms with Crippen LogP contribution in [-0.2, 0) is 0 Å². The Labute approximate surface area is 120 Å². The third kappa shape index (κ3) is 6.32. The van der Waals surface area contributed by atoms with Gasteiger partial charge in [-0.2, -0.15) is 11.8 Å². The van der Waals surface area contributed by atoms with E-state index < -0.39 is 6.10 Å². The quantitative estimate of drug-likeness (QED) is 0.684. The fourth-order valence-electron chi connectivity index (χ4n) is 1.79. The summed E-state index contributed by atoms with van der Waals surface area (Å²) in [6.07, 6.45) is 0.639. The van der Waals surface area contributed by atoms with E-state index in [4.69, 9.17) is 4.74 Å². The standard InChI is InChI=1S/C15H25NO2S/c1-4-19-9-8-12(2)16-11-15(17)13-6-5-7-14(10-13)18-3/h5-7,10,12,15-17H,4,8-9,11H2,1-3H3. The number of hydrogen-bond acceptors (Lipinski definition) is 4. The van der Waals surface area contributed by atoms with Crippen molar-refractivity contribution in [3.05, 3.63) is 29.8 Å². The highest BCUT2D eigenvalue weighted by atomic mass is 32.2. The van der Waals surface area contributed by atoms with E-state index in [1.807, 2.05) is 36.0 Å². The van der Waals surface area contributed by atoms with Crippen molar-refractivity contribution in [2.75, 3.05) is 25.2 Å². The highest BCUT2D eigenvalue weighted by Crippen LogP contribution is 2.18. The van der Waals surface area contributed by atoms with E-state index >= 15 is 0 Å². The van der Waals surface area contributed by atoms with Gasteiger partial charge < -0.3 is 15.2 Å². The van der Waals surface area contributed by atoms with Gasteiger partial charge in [0.05, 0.1) is 13.2 Å². The van der Waals surface area contributed by atoms with E-state index in [9.17, 15) is 5.11 Å². The Kier molecular flexibility index (Phi) is 7.94. The number of ether oxygens (including phenoxy) is 1. The molecule has 0 aliphatic rings. The maximum Gasteiger partial charge on any atom is 0.119 e. The SMILES string of the molecule is CCSCCC(C)NCC(O)c1cccc(OC)c1. The highest BCUT2D eigenvalue weighted by molar-refractivity contribution is 7.99. The topological polar surface area (TPSA) is 41.5 Å². The number of benzene rings is 1. The Bertz CT molecular complexity index is 360. The minimum atomic E-state index is -0.489. The zero-order valence-corrected chi connectivity index (χ0v) is 12.9. The third-order valence-electron chi connectivity index (χ3n) is 3.04. The zero-order valence-electron chi connectivity index (χ0n) is 12.1. The second-order valence-electron chi connectivity index (χ2n) is 4.59. The van der Waals surface area contributed by atoms with Gasteiger partial charge in [0.2, 0.25) is 0 Å². The van der Waals surface area contributed by atoms with Crippen LogP contribution in [-0.4, -0.2) is 36.3 Å². The van der Waals surface area contributed by atoms with Crippen LogP contribution in [0.25, 0.3) is 0 Å². The first-order valence-electron chi connectivity index (χ1n) is 6.80. The van der Waals surface area contributed by atoms with Crippen LogP contribution in [0.15, 0.2) is 24.3 Å². The van der Waals surface area contributed by atoms with Gasteiger partial charge in [0.15, 0.2) is 0 Å². The van der Waals surface area contributed by atoms with Crippen molar-refractivity contribution >= 4 is 11.8 Å². The van der Waals surface area contributed by atoms with E-state index in [0.717, 1.165) is 17.7 Å². The average Bonchev–Trinajstić information content (AvgIpc) is 2.45. The Morgan fingerprint density at radius 2 is 2.21 bits per heavy atom. The monoisotopic (exact) mass is 283 g/mol. The van der Waals surface area contributed by atoms with Gasteiger partial charge in [-0.15, -0.1) is 0 Å². The molecule has 1 aromatic rings. The number of hydrogen-bond donors (Lipinski definition) is 2. The second-order valence-corrected chi connectivity index (χ2v) is 5.98. The molecule has 0 amide bonds. The fourth-order valence-corrected chi connectivity index (χ4v) is 2.59. The molecule has 0 saturated heterocycles. The van der Waals surface area contributed by atoms with Gasteiger partial charge >= 0.3 is 0 Å². The molecule has 0 radical (unpaired) electrons. The lowest BCUT2D eigenvalue weighted by molar-refractivity contribution is 0.170. The number of aliphatic hydroxyl groups excluding tert-OH is 1. The first-order chi connectivity index (χ1) is 9.17. The number of aliphatic hydroxyl groups is 1. The Balaban J connectivity index is 2.35. The average molecular weight is 283 g/mol. The predicted octanol–water partition coefficient (Wildman–Crippen LogP) is 2.85. The maximum absolute atomic E-state index is 10.1. The summed E-state index contributed by atoms with van der Waals surface area (Å²) in [7, 11) is 1.64. The van der Waals surface area contributed by atoms with Gasteiger partial charge in [-0.25, -0.2) is 0 Å². The van der Waals surface area contributed by atoms with Crippen molar-refractivity contribution < 1.29 is 9.84 Å². The summed E-state index contributed by atoms with van der Waals surface area (Å²) >= 11 is 1.95. The van der Waals surface area contributed by atoms with Gasteiger partial charge in [0, 0.05) is 12.6 Å². The zero-order chi connectivity index (χ0) is 14.1. The molecule has 0 aliphatic carbocycles. The first-order valence-corrected chi connectivity index (χ1v) is 7.96. The van der Waals surface area contributed by atoms with Crippen LogP contribution >= 0.6 is 11.8 Å². The van der Waals surface area contributed by atoms with Crippen LogP contribution in [0.3, 0.4) is 0 Å². The Morgan fingerprint density at radius 1 is 1.42 bits per heavy atom. The summed E-state index contributed by atoms with van der Waals surface area (Å²) in [4.78, 5) is 0. The van der Waals surface area contributed by atoms with E-state index in [1.54, 1.807) is 7.11 Å². The lowest BCUT2D eigenvalue weighted by atomic mass is 10.1. The Morgan fingerprint density at radius 3 is 2.89 bits per heavy atom. The smallest absolute Gasteiger partial charge is 0.119 e. The molecule has 0 fully saturated rings. The summed E-state index contributed by atoms with van der Waals surface area (Å²) in [6.45, 7) is 4.91. The largest absolute Gasteiger partial charge is 0.497 e. The third-order valence-corrected chi connectivity index (χ3v) is 3.97. The van der Waals surface area contributed by atoms with Crippen molar-refractivity contribution in [1.82, 2.24) is 5.32 Å². The normalized spacial score (nSPS) is 14.1. The van der Waals surface area contributed by atoms with E-state index in [1.165, 1.54) is 11.5 Å². The van der Waals surface area contributed by atoms with Crippen LogP contribution in [0, 0.1) is 0 Å². The lowest BCUT2D eigenvalue weighted by Crippen LogP contribution is -2.30. The fraction of sp³-hybridized carbons (Fsp3) is 0.600. The molecule has 1 rings (SSSR count). The predicted molar refractivity (Wildman–Crippen MR) is 83.0 cm³/mol. The molecular formula is C15H25NO2S. The first kappa shape index (κ1) is 16.3. The molecule has 0 aliphatic heterocycles. The molecule has 1 aromatic carbocycles. The number of rotatable bonds is 9. The lowest BCUT2D eigenvalue weighted by Gasteiger charge is -2.17. The summed E-state index contributed by atoms with van der Waals surface area (Å²) in [5.74, 6) is 3.11. The second kappa shape index (κ2) is 9.23. The molecule has 19 heavy (non-hydrogen) atoms. The molecular weight excluding hydrogens is 258 g/mol. The van der Waals surface area contributed by atoms with Crippen molar-refractivity contribution in [2.24, 2.45) is 0 Å². The molecule has 3 nitrogen and oxygen atoms in total. The van der Waals surface area contributed by atoms with Gasteiger partial charge in [0.25, 0.3) is 0 Å². The summed E-state index contributed by atoms with van der Waals surface area (Å²) in [6, 6.07) is 8.02. The van der Waals surface area contributed by atoms with E-state index in [-0.39, 0.29) is 0 Å². The van der Waals surface area contributed by atoms with Gasteiger partial charge in [-0.3, -0.25) is 0 Å². The highest BCUT2D eigenvalue weighted by Gasteiger charge is 2.10. The summed E-state index contributed by atoms with van der Waals surface area (Å²) in [5.41, 5.74) is 0.891. The molecule has 0 aromatic heterocycles. The van der Waals surface area contributed by atoms with E-state index in [0.29, 0.717) is 12.6 Å². The van der Waals surface area contributed by atoms with Gasteiger partial charge in [0.1, 0.15) is 5.75 Å².